The summed E-state index contributed by atoms with van der Waals surface area (Å²) in [5, 5.41) is -0.461. The minimum atomic E-state index is -0.925. The van der Waals surface area contributed by atoms with Gasteiger partial charge in [0.05, 0.1) is 12.0 Å². The van der Waals surface area contributed by atoms with Gasteiger partial charge in [-0.3, -0.25) is 14.5 Å². The van der Waals surface area contributed by atoms with Crippen LogP contribution < -0.4 is 0 Å². The monoisotopic (exact) mass is 305 g/mol. The molecule has 1 heterocycles. The third-order valence-electron chi connectivity index (χ3n) is 3.09. The van der Waals surface area contributed by atoms with Crippen LogP contribution in [0.25, 0.3) is 6.08 Å². The molecule has 0 radical (unpaired) electrons. The Morgan fingerprint density at radius 2 is 2.10 bits per heavy atom. The highest BCUT2D eigenvalue weighted by Crippen LogP contribution is 2.33. The van der Waals surface area contributed by atoms with Gasteiger partial charge >= 0.3 is 5.97 Å². The van der Waals surface area contributed by atoms with Crippen molar-refractivity contribution < 1.29 is 19.1 Å². The van der Waals surface area contributed by atoms with Gasteiger partial charge < -0.3 is 4.74 Å². The summed E-state index contributed by atoms with van der Waals surface area (Å²) in [5.74, 6) is -1.08. The fraction of sp³-hybridized carbons (Fsp3) is 0.267. The van der Waals surface area contributed by atoms with E-state index in [1.807, 2.05) is 31.2 Å². The zero-order valence-electron chi connectivity index (χ0n) is 12.0. The highest BCUT2D eigenvalue weighted by Gasteiger charge is 2.41. The Kier molecular flexibility index (Phi) is 4.47. The largest absolute Gasteiger partial charge is 0.467 e. The SMILES string of the molecule is COC(=O)C(C)N1C(=O)S/C(=C/c2cccc(C)c2)C1=O. The summed E-state index contributed by atoms with van der Waals surface area (Å²) in [4.78, 5) is 36.9. The van der Waals surface area contributed by atoms with Gasteiger partial charge in [0, 0.05) is 0 Å². The van der Waals surface area contributed by atoms with Crippen LogP contribution in [0.5, 0.6) is 0 Å². The van der Waals surface area contributed by atoms with Crippen molar-refractivity contribution in [2.75, 3.05) is 7.11 Å². The highest BCUT2D eigenvalue weighted by molar-refractivity contribution is 8.18. The Labute approximate surface area is 127 Å². The lowest BCUT2D eigenvalue weighted by Gasteiger charge is -2.18. The standard InChI is InChI=1S/C15H15NO4S/c1-9-5-4-6-11(7-9)8-12-13(17)16(15(19)21-12)10(2)14(18)20-3/h4-8,10H,1-3H3/b12-8+. The molecule has 1 aliphatic rings. The average Bonchev–Trinajstić information content (AvgIpc) is 2.72. The molecule has 0 saturated carbocycles. The van der Waals surface area contributed by atoms with E-state index in [0.29, 0.717) is 4.91 Å². The molecular formula is C15H15NO4S. The smallest absolute Gasteiger partial charge is 0.328 e. The molecule has 1 fully saturated rings. The van der Waals surface area contributed by atoms with Crippen LogP contribution in [-0.2, 0) is 14.3 Å². The first-order valence-electron chi connectivity index (χ1n) is 6.35. The maximum Gasteiger partial charge on any atom is 0.328 e. The van der Waals surface area contributed by atoms with E-state index in [9.17, 15) is 14.4 Å². The molecule has 0 bridgehead atoms. The summed E-state index contributed by atoms with van der Waals surface area (Å²) >= 11 is 0.829. The van der Waals surface area contributed by atoms with Crippen LogP contribution in [0.4, 0.5) is 4.79 Å². The summed E-state index contributed by atoms with van der Waals surface area (Å²) in [5.41, 5.74) is 1.90. The average molecular weight is 305 g/mol. The first kappa shape index (κ1) is 15.3. The van der Waals surface area contributed by atoms with Gasteiger partial charge in [0.2, 0.25) is 0 Å². The fourth-order valence-corrected chi connectivity index (χ4v) is 2.91. The predicted molar refractivity (Wildman–Crippen MR) is 80.5 cm³/mol. The Hall–Kier alpha value is -2.08. The van der Waals surface area contributed by atoms with Gasteiger partial charge in [-0.15, -0.1) is 0 Å². The van der Waals surface area contributed by atoms with Crippen molar-refractivity contribution in [1.82, 2.24) is 4.90 Å². The Bertz CT molecular complexity index is 638. The number of amides is 2. The number of thioether (sulfide) groups is 1. The number of methoxy groups -OCH3 is 1. The van der Waals surface area contributed by atoms with Gasteiger partial charge in [0.1, 0.15) is 6.04 Å². The van der Waals surface area contributed by atoms with Crippen molar-refractivity contribution in [2.45, 2.75) is 19.9 Å². The molecule has 2 rings (SSSR count). The molecule has 6 heteroatoms. The second-order valence-corrected chi connectivity index (χ2v) is 5.66. The second-order valence-electron chi connectivity index (χ2n) is 4.66. The number of aryl methyl sites for hydroxylation is 1. The summed E-state index contributed by atoms with van der Waals surface area (Å²) in [7, 11) is 1.22. The van der Waals surface area contributed by atoms with Crippen molar-refractivity contribution in [2.24, 2.45) is 0 Å². The van der Waals surface area contributed by atoms with Crippen LogP contribution in [0.15, 0.2) is 29.2 Å². The van der Waals surface area contributed by atoms with Crippen molar-refractivity contribution in [3.05, 3.63) is 40.3 Å². The number of imide groups is 1. The number of rotatable bonds is 3. The maximum atomic E-state index is 12.3. The Balaban J connectivity index is 2.28. The molecule has 1 aromatic rings. The summed E-state index contributed by atoms with van der Waals surface area (Å²) in [6.45, 7) is 3.42. The van der Waals surface area contributed by atoms with Gasteiger partial charge in [0.25, 0.3) is 11.1 Å². The zero-order valence-corrected chi connectivity index (χ0v) is 12.8. The van der Waals surface area contributed by atoms with Crippen LogP contribution in [0, 0.1) is 6.92 Å². The number of hydrogen-bond acceptors (Lipinski definition) is 5. The van der Waals surface area contributed by atoms with E-state index in [-0.39, 0.29) is 0 Å². The van der Waals surface area contributed by atoms with Crippen molar-refractivity contribution >= 4 is 35.0 Å². The molecular weight excluding hydrogens is 290 g/mol. The lowest BCUT2D eigenvalue weighted by molar-refractivity contribution is -0.148. The molecule has 0 aromatic heterocycles. The number of carbonyl (C=O) groups excluding carboxylic acids is 3. The number of ether oxygens (including phenoxy) is 1. The van der Waals surface area contributed by atoms with Crippen LogP contribution in [0.1, 0.15) is 18.1 Å². The molecule has 110 valence electrons. The lowest BCUT2D eigenvalue weighted by atomic mass is 10.1. The fourth-order valence-electron chi connectivity index (χ4n) is 2.00. The molecule has 2 amide bonds. The lowest BCUT2D eigenvalue weighted by Crippen LogP contribution is -2.42. The third kappa shape index (κ3) is 3.16. The first-order valence-corrected chi connectivity index (χ1v) is 7.17. The molecule has 1 saturated heterocycles. The maximum absolute atomic E-state index is 12.3. The molecule has 1 aromatic carbocycles. The van der Waals surface area contributed by atoms with Crippen LogP contribution >= 0.6 is 11.8 Å². The minimum absolute atomic E-state index is 0.307. The van der Waals surface area contributed by atoms with E-state index >= 15 is 0 Å². The van der Waals surface area contributed by atoms with Gasteiger partial charge in [-0.2, -0.15) is 0 Å². The Morgan fingerprint density at radius 3 is 2.71 bits per heavy atom. The van der Waals surface area contributed by atoms with Crippen molar-refractivity contribution in [3.63, 3.8) is 0 Å². The van der Waals surface area contributed by atoms with E-state index < -0.39 is 23.2 Å². The molecule has 1 unspecified atom stereocenters. The third-order valence-corrected chi connectivity index (χ3v) is 3.98. The van der Waals surface area contributed by atoms with Crippen LogP contribution in [0.3, 0.4) is 0 Å². The van der Waals surface area contributed by atoms with Crippen LogP contribution in [0.2, 0.25) is 0 Å². The van der Waals surface area contributed by atoms with Gasteiger partial charge in [-0.05, 0) is 37.2 Å². The molecule has 21 heavy (non-hydrogen) atoms. The van der Waals surface area contributed by atoms with Gasteiger partial charge in [0.15, 0.2) is 0 Å². The molecule has 5 nitrogen and oxygen atoms in total. The van der Waals surface area contributed by atoms with E-state index in [1.54, 1.807) is 6.08 Å². The number of esters is 1. The van der Waals surface area contributed by atoms with E-state index in [4.69, 9.17) is 0 Å². The Morgan fingerprint density at radius 1 is 1.38 bits per heavy atom. The predicted octanol–water partition coefficient (Wildman–Crippen LogP) is 2.59. The van der Waals surface area contributed by atoms with Gasteiger partial charge in [-0.1, -0.05) is 29.8 Å². The van der Waals surface area contributed by atoms with E-state index in [0.717, 1.165) is 27.8 Å². The van der Waals surface area contributed by atoms with E-state index in [1.165, 1.54) is 14.0 Å². The highest BCUT2D eigenvalue weighted by atomic mass is 32.2. The summed E-state index contributed by atoms with van der Waals surface area (Å²) in [6, 6.07) is 6.67. The van der Waals surface area contributed by atoms with Gasteiger partial charge in [-0.25, -0.2) is 4.79 Å². The van der Waals surface area contributed by atoms with Crippen molar-refractivity contribution in [1.29, 1.82) is 0 Å². The van der Waals surface area contributed by atoms with Crippen molar-refractivity contribution in [3.8, 4) is 0 Å². The second kappa shape index (κ2) is 6.13. The molecule has 0 spiro atoms. The minimum Gasteiger partial charge on any atom is -0.467 e. The van der Waals surface area contributed by atoms with Crippen LogP contribution in [-0.4, -0.2) is 35.2 Å². The normalized spacial score (nSPS) is 18.2. The topological polar surface area (TPSA) is 63.7 Å². The molecule has 1 atom stereocenters. The summed E-state index contributed by atoms with van der Waals surface area (Å²) in [6.07, 6.45) is 1.65. The number of nitrogens with zero attached hydrogens (tertiary/aromatic N) is 1. The molecule has 0 N–H and O–H groups in total. The molecule has 1 aliphatic heterocycles. The molecule has 0 aliphatic carbocycles. The first-order chi connectivity index (χ1) is 9.93. The quantitative estimate of drug-likeness (QED) is 0.634. The number of hydrogen-bond donors (Lipinski definition) is 0. The number of benzene rings is 1. The number of carbonyl (C=O) groups is 3. The summed E-state index contributed by atoms with van der Waals surface area (Å²) < 4.78 is 4.58. The zero-order chi connectivity index (χ0) is 15.6. The van der Waals surface area contributed by atoms with E-state index in [2.05, 4.69) is 4.74 Å².